The van der Waals surface area contributed by atoms with Crippen molar-refractivity contribution in [2.24, 2.45) is 0 Å². The highest BCUT2D eigenvalue weighted by molar-refractivity contribution is 7.09. The molecule has 0 bridgehead atoms. The summed E-state index contributed by atoms with van der Waals surface area (Å²) in [5, 5.41) is 6.12. The first-order valence-corrected chi connectivity index (χ1v) is 6.55. The second-order valence-electron chi connectivity index (χ2n) is 3.81. The highest BCUT2D eigenvalue weighted by Gasteiger charge is 2.08. The van der Waals surface area contributed by atoms with E-state index in [2.05, 4.69) is 10.3 Å². The molecule has 0 atom stereocenters. The minimum atomic E-state index is -0.213. The minimum Gasteiger partial charge on any atom is -0.399 e. The predicted molar refractivity (Wildman–Crippen MR) is 73.9 cm³/mol. The zero-order valence-corrected chi connectivity index (χ0v) is 11.3. The Kier molecular flexibility index (Phi) is 3.84. The van der Waals surface area contributed by atoms with Gasteiger partial charge in [-0.2, -0.15) is 0 Å². The van der Waals surface area contributed by atoms with Gasteiger partial charge in [0.1, 0.15) is 0 Å². The number of aryl methyl sites for hydroxylation is 1. The molecule has 2 rings (SSSR count). The molecule has 2 aromatic rings. The van der Waals surface area contributed by atoms with E-state index < -0.39 is 0 Å². The first-order valence-electron chi connectivity index (χ1n) is 5.30. The number of thiazole rings is 1. The molecular weight excluding hydrogens is 270 g/mol. The van der Waals surface area contributed by atoms with E-state index in [4.69, 9.17) is 17.3 Å². The first-order chi connectivity index (χ1) is 8.54. The zero-order chi connectivity index (χ0) is 13.1. The van der Waals surface area contributed by atoms with Gasteiger partial charge in [0.2, 0.25) is 0 Å². The molecule has 0 aliphatic heterocycles. The SMILES string of the molecule is Cc1nc(CNC(=O)c2cc(N)cc(Cl)c2)cs1. The Bertz CT molecular complexity index is 562. The maximum Gasteiger partial charge on any atom is 0.251 e. The van der Waals surface area contributed by atoms with Crippen molar-refractivity contribution in [2.75, 3.05) is 5.73 Å². The molecule has 0 saturated heterocycles. The van der Waals surface area contributed by atoms with E-state index >= 15 is 0 Å². The average Bonchev–Trinajstić information content (AvgIpc) is 2.70. The zero-order valence-electron chi connectivity index (χ0n) is 9.74. The van der Waals surface area contributed by atoms with E-state index in [0.29, 0.717) is 22.8 Å². The molecule has 3 N–H and O–H groups in total. The number of amides is 1. The minimum absolute atomic E-state index is 0.213. The third kappa shape index (κ3) is 3.21. The lowest BCUT2D eigenvalue weighted by Gasteiger charge is -2.05. The molecule has 0 radical (unpaired) electrons. The van der Waals surface area contributed by atoms with Crippen LogP contribution in [-0.2, 0) is 6.54 Å². The standard InChI is InChI=1S/C12H12ClN3OS/c1-7-16-11(6-18-7)5-15-12(17)8-2-9(13)4-10(14)3-8/h2-4,6H,5,14H2,1H3,(H,15,17). The summed E-state index contributed by atoms with van der Waals surface area (Å²) in [5.41, 5.74) is 7.40. The van der Waals surface area contributed by atoms with Gasteiger partial charge in [-0.25, -0.2) is 4.98 Å². The summed E-state index contributed by atoms with van der Waals surface area (Å²) in [6, 6.07) is 4.77. The van der Waals surface area contributed by atoms with Gasteiger partial charge in [-0.15, -0.1) is 11.3 Å². The van der Waals surface area contributed by atoms with E-state index in [1.807, 2.05) is 12.3 Å². The van der Waals surface area contributed by atoms with Crippen LogP contribution in [0, 0.1) is 6.92 Å². The number of nitrogens with zero attached hydrogens (tertiary/aromatic N) is 1. The van der Waals surface area contributed by atoms with Crippen molar-refractivity contribution in [1.29, 1.82) is 0 Å². The molecule has 1 amide bonds. The van der Waals surface area contributed by atoms with E-state index in [1.165, 1.54) is 0 Å². The molecule has 4 nitrogen and oxygen atoms in total. The topological polar surface area (TPSA) is 68.0 Å². The number of aromatic nitrogens is 1. The Hall–Kier alpha value is -1.59. The number of benzene rings is 1. The van der Waals surface area contributed by atoms with E-state index in [9.17, 15) is 4.79 Å². The highest BCUT2D eigenvalue weighted by Crippen LogP contribution is 2.16. The fourth-order valence-electron chi connectivity index (χ4n) is 1.51. The summed E-state index contributed by atoms with van der Waals surface area (Å²) in [4.78, 5) is 16.1. The maximum absolute atomic E-state index is 11.9. The molecule has 1 aromatic carbocycles. The third-order valence-corrected chi connectivity index (χ3v) is 3.32. The highest BCUT2D eigenvalue weighted by atomic mass is 35.5. The van der Waals surface area contributed by atoms with Crippen molar-refractivity contribution in [3.63, 3.8) is 0 Å². The molecule has 0 aliphatic rings. The summed E-state index contributed by atoms with van der Waals surface area (Å²) >= 11 is 7.40. The summed E-state index contributed by atoms with van der Waals surface area (Å²) < 4.78 is 0. The van der Waals surface area contributed by atoms with Crippen LogP contribution in [0.25, 0.3) is 0 Å². The largest absolute Gasteiger partial charge is 0.399 e. The molecule has 0 saturated carbocycles. The van der Waals surface area contributed by atoms with Crippen LogP contribution in [0.15, 0.2) is 23.6 Å². The van der Waals surface area contributed by atoms with Gasteiger partial charge in [0.15, 0.2) is 0 Å². The molecule has 18 heavy (non-hydrogen) atoms. The van der Waals surface area contributed by atoms with E-state index in [1.54, 1.807) is 29.5 Å². The van der Waals surface area contributed by atoms with Gasteiger partial charge in [-0.1, -0.05) is 11.6 Å². The number of carbonyl (C=O) groups is 1. The van der Waals surface area contributed by atoms with Crippen molar-refractivity contribution < 1.29 is 4.79 Å². The Morgan fingerprint density at radius 1 is 1.50 bits per heavy atom. The third-order valence-electron chi connectivity index (χ3n) is 2.28. The molecular formula is C12H12ClN3OS. The van der Waals surface area contributed by atoms with Crippen LogP contribution < -0.4 is 11.1 Å². The number of hydrogen-bond acceptors (Lipinski definition) is 4. The number of rotatable bonds is 3. The van der Waals surface area contributed by atoms with Crippen molar-refractivity contribution in [2.45, 2.75) is 13.5 Å². The number of nitrogen functional groups attached to an aromatic ring is 1. The quantitative estimate of drug-likeness (QED) is 0.850. The van der Waals surface area contributed by atoms with Crippen LogP contribution in [0.5, 0.6) is 0 Å². The summed E-state index contributed by atoms with van der Waals surface area (Å²) in [6.07, 6.45) is 0. The van der Waals surface area contributed by atoms with Crippen LogP contribution in [0.4, 0.5) is 5.69 Å². The predicted octanol–water partition coefficient (Wildman–Crippen LogP) is 2.62. The van der Waals surface area contributed by atoms with Crippen LogP contribution in [0.2, 0.25) is 5.02 Å². The lowest BCUT2D eigenvalue weighted by atomic mass is 10.2. The van der Waals surface area contributed by atoms with Gasteiger partial charge in [-0.3, -0.25) is 4.79 Å². The summed E-state index contributed by atoms with van der Waals surface area (Å²) in [6.45, 7) is 2.32. The van der Waals surface area contributed by atoms with Crippen molar-refractivity contribution in [3.8, 4) is 0 Å². The molecule has 1 aromatic heterocycles. The van der Waals surface area contributed by atoms with Crippen LogP contribution >= 0.6 is 22.9 Å². The Morgan fingerprint density at radius 3 is 2.89 bits per heavy atom. The molecule has 6 heteroatoms. The number of carbonyl (C=O) groups excluding carboxylic acids is 1. The Morgan fingerprint density at radius 2 is 2.28 bits per heavy atom. The van der Waals surface area contributed by atoms with Gasteiger partial charge in [0, 0.05) is 21.7 Å². The van der Waals surface area contributed by atoms with E-state index in [0.717, 1.165) is 10.7 Å². The Labute approximate surface area is 114 Å². The first kappa shape index (κ1) is 12.9. The fourth-order valence-corrected chi connectivity index (χ4v) is 2.36. The monoisotopic (exact) mass is 281 g/mol. The Balaban J connectivity index is 2.03. The van der Waals surface area contributed by atoms with E-state index in [-0.39, 0.29) is 5.91 Å². The molecule has 0 aliphatic carbocycles. The number of halogens is 1. The normalized spacial score (nSPS) is 10.3. The lowest BCUT2D eigenvalue weighted by molar-refractivity contribution is 0.0950. The average molecular weight is 282 g/mol. The van der Waals surface area contributed by atoms with Crippen molar-refractivity contribution in [3.05, 3.63) is 44.9 Å². The summed E-state index contributed by atoms with van der Waals surface area (Å²) in [5.74, 6) is -0.213. The second-order valence-corrected chi connectivity index (χ2v) is 5.31. The molecule has 1 heterocycles. The number of nitrogens with one attached hydrogen (secondary N) is 1. The number of nitrogens with two attached hydrogens (primary N) is 1. The van der Waals surface area contributed by atoms with Crippen LogP contribution in [0.3, 0.4) is 0 Å². The maximum atomic E-state index is 11.9. The van der Waals surface area contributed by atoms with Crippen molar-refractivity contribution in [1.82, 2.24) is 10.3 Å². The number of hydrogen-bond donors (Lipinski definition) is 2. The molecule has 94 valence electrons. The van der Waals surface area contributed by atoms with Crippen LogP contribution in [-0.4, -0.2) is 10.9 Å². The van der Waals surface area contributed by atoms with Gasteiger partial charge in [0.25, 0.3) is 5.91 Å². The van der Waals surface area contributed by atoms with Crippen LogP contribution in [0.1, 0.15) is 21.1 Å². The van der Waals surface area contributed by atoms with Gasteiger partial charge in [0.05, 0.1) is 17.2 Å². The van der Waals surface area contributed by atoms with Crippen molar-refractivity contribution >= 4 is 34.5 Å². The molecule has 0 unspecified atom stereocenters. The second kappa shape index (κ2) is 5.37. The number of anilines is 1. The van der Waals surface area contributed by atoms with Gasteiger partial charge >= 0.3 is 0 Å². The van der Waals surface area contributed by atoms with Gasteiger partial charge in [-0.05, 0) is 25.1 Å². The smallest absolute Gasteiger partial charge is 0.251 e. The van der Waals surface area contributed by atoms with Gasteiger partial charge < -0.3 is 11.1 Å². The summed E-state index contributed by atoms with van der Waals surface area (Å²) in [7, 11) is 0. The lowest BCUT2D eigenvalue weighted by Crippen LogP contribution is -2.23. The fraction of sp³-hybridized carbons (Fsp3) is 0.167. The molecule has 0 fully saturated rings. The molecule has 0 spiro atoms.